The number of ether oxygens (including phenoxy) is 1. The summed E-state index contributed by atoms with van der Waals surface area (Å²) in [5.74, 6) is 1.85. The molecular formula is C38H54FNO4. The number of alkyl halides is 1. The van der Waals surface area contributed by atoms with Gasteiger partial charge in [0.25, 0.3) is 5.91 Å². The third-order valence-corrected chi connectivity index (χ3v) is 11.3. The molecule has 2 fully saturated rings. The van der Waals surface area contributed by atoms with Gasteiger partial charge in [-0.1, -0.05) is 52.0 Å². The second kappa shape index (κ2) is 14.7. The van der Waals surface area contributed by atoms with Gasteiger partial charge in [0, 0.05) is 24.6 Å². The lowest BCUT2D eigenvalue weighted by Gasteiger charge is -2.54. The fourth-order valence-corrected chi connectivity index (χ4v) is 9.01. The van der Waals surface area contributed by atoms with Crippen molar-refractivity contribution in [3.05, 3.63) is 59.2 Å². The highest BCUT2D eigenvalue weighted by Gasteiger charge is 2.59. The molecule has 0 aromatic heterocycles. The average Bonchev–Trinajstić information content (AvgIpc) is 3.30. The molecule has 0 radical (unpaired) electrons. The SMILES string of the molecule is CCCCCCN(CCCCCC1Cc2cc(O)ccc2C2C(F)C[C@]3(C)C(O)CCC3C12)C(=O)c1ccc(OCC)cc1. The third kappa shape index (κ3) is 6.95. The summed E-state index contributed by atoms with van der Waals surface area (Å²) in [6.45, 7) is 8.40. The van der Waals surface area contributed by atoms with Crippen molar-refractivity contribution in [1.29, 1.82) is 0 Å². The molecule has 0 heterocycles. The number of hydrogen-bond donors (Lipinski definition) is 2. The van der Waals surface area contributed by atoms with Crippen molar-refractivity contribution in [3.63, 3.8) is 0 Å². The summed E-state index contributed by atoms with van der Waals surface area (Å²) >= 11 is 0. The fourth-order valence-electron chi connectivity index (χ4n) is 9.01. The van der Waals surface area contributed by atoms with E-state index >= 15 is 4.39 Å². The number of aliphatic hydroxyl groups is 1. The molecule has 3 aliphatic rings. The molecule has 6 heteroatoms. The Morgan fingerprint density at radius 1 is 1.00 bits per heavy atom. The number of unbranched alkanes of at least 4 members (excludes halogenated alkanes) is 5. The van der Waals surface area contributed by atoms with Crippen LogP contribution in [0.15, 0.2) is 42.5 Å². The molecule has 1 amide bonds. The second-order valence-corrected chi connectivity index (χ2v) is 14.0. The van der Waals surface area contributed by atoms with Crippen molar-refractivity contribution >= 4 is 5.91 Å². The number of phenolic OH excluding ortho intramolecular Hbond substituents is 1. The van der Waals surface area contributed by atoms with Crippen LogP contribution in [-0.2, 0) is 6.42 Å². The Labute approximate surface area is 264 Å². The Morgan fingerprint density at radius 2 is 1.73 bits per heavy atom. The molecule has 44 heavy (non-hydrogen) atoms. The van der Waals surface area contributed by atoms with Crippen molar-refractivity contribution in [2.45, 2.75) is 116 Å². The van der Waals surface area contributed by atoms with Crippen LogP contribution in [0.3, 0.4) is 0 Å². The van der Waals surface area contributed by atoms with Crippen LogP contribution < -0.4 is 4.74 Å². The van der Waals surface area contributed by atoms with E-state index < -0.39 is 12.3 Å². The predicted molar refractivity (Wildman–Crippen MR) is 174 cm³/mol. The monoisotopic (exact) mass is 607 g/mol. The summed E-state index contributed by atoms with van der Waals surface area (Å²) in [6, 6.07) is 13.0. The van der Waals surface area contributed by atoms with Crippen LogP contribution >= 0.6 is 0 Å². The molecule has 0 aliphatic heterocycles. The molecule has 5 rings (SSSR count). The van der Waals surface area contributed by atoms with Gasteiger partial charge in [0.1, 0.15) is 17.7 Å². The molecule has 0 saturated heterocycles. The molecule has 2 aromatic carbocycles. The number of halogens is 1. The number of aliphatic hydroxyl groups excluding tert-OH is 1. The zero-order valence-corrected chi connectivity index (χ0v) is 27.1. The highest BCUT2D eigenvalue weighted by molar-refractivity contribution is 5.94. The molecule has 2 saturated carbocycles. The van der Waals surface area contributed by atoms with Gasteiger partial charge in [-0.15, -0.1) is 0 Å². The van der Waals surface area contributed by atoms with Crippen molar-refractivity contribution in [3.8, 4) is 11.5 Å². The van der Waals surface area contributed by atoms with Gasteiger partial charge in [0.2, 0.25) is 0 Å². The largest absolute Gasteiger partial charge is 0.508 e. The normalized spacial score (nSPS) is 29.0. The summed E-state index contributed by atoms with van der Waals surface area (Å²) in [5, 5.41) is 21.2. The second-order valence-electron chi connectivity index (χ2n) is 14.0. The lowest BCUT2D eigenvalue weighted by Crippen LogP contribution is -2.51. The molecule has 5 nitrogen and oxygen atoms in total. The highest BCUT2D eigenvalue weighted by Crippen LogP contribution is 2.63. The van der Waals surface area contributed by atoms with Crippen molar-refractivity contribution in [1.82, 2.24) is 4.90 Å². The molecule has 2 N–H and O–H groups in total. The Morgan fingerprint density at radius 3 is 2.43 bits per heavy atom. The quantitative estimate of drug-likeness (QED) is 0.211. The van der Waals surface area contributed by atoms with Crippen LogP contribution in [0.1, 0.15) is 119 Å². The maximum atomic E-state index is 16.1. The number of hydrogen-bond acceptors (Lipinski definition) is 4. The first-order valence-electron chi connectivity index (χ1n) is 17.4. The number of rotatable bonds is 14. The van der Waals surface area contributed by atoms with Crippen LogP contribution in [0.4, 0.5) is 4.39 Å². The Balaban J connectivity index is 1.23. The van der Waals surface area contributed by atoms with E-state index in [0.29, 0.717) is 30.4 Å². The lowest BCUT2D eigenvalue weighted by molar-refractivity contribution is -0.0722. The number of nitrogens with zero attached hydrogens (tertiary/aromatic N) is 1. The minimum absolute atomic E-state index is 0.0892. The first-order chi connectivity index (χ1) is 21.3. The molecule has 3 aliphatic carbocycles. The van der Waals surface area contributed by atoms with E-state index in [1.165, 1.54) is 12.8 Å². The summed E-state index contributed by atoms with van der Waals surface area (Å²) in [6.07, 6.45) is 10.1. The minimum atomic E-state index is -0.977. The Kier molecular flexibility index (Phi) is 10.9. The van der Waals surface area contributed by atoms with Gasteiger partial charge in [0.15, 0.2) is 0 Å². The number of aromatic hydroxyl groups is 1. The van der Waals surface area contributed by atoms with Gasteiger partial charge in [-0.3, -0.25) is 4.79 Å². The number of fused-ring (bicyclic) bond motifs is 5. The van der Waals surface area contributed by atoms with Crippen LogP contribution in [-0.4, -0.2) is 53.0 Å². The molecule has 0 bridgehead atoms. The zero-order chi connectivity index (χ0) is 31.3. The number of benzene rings is 2. The number of phenols is 1. The standard InChI is InChI=1S/C38H54FNO4/c1-4-6-7-10-21-40(37(43)26-13-16-30(17-14-26)44-5-2)22-11-8-9-12-27-23-28-24-29(41)15-18-31(28)36-33(39)25-38(3)32(35(27)36)19-20-34(38)42/h13-18,24,27,32-36,41-42H,4-12,19-23,25H2,1-3H3/t27?,32?,33?,34?,35?,36?,38-/m0/s1. The summed E-state index contributed by atoms with van der Waals surface area (Å²) in [4.78, 5) is 15.5. The Bertz CT molecular complexity index is 1230. The van der Waals surface area contributed by atoms with Gasteiger partial charge >= 0.3 is 0 Å². The summed E-state index contributed by atoms with van der Waals surface area (Å²) < 4.78 is 21.6. The zero-order valence-electron chi connectivity index (χ0n) is 27.1. The molecule has 7 atom stereocenters. The van der Waals surface area contributed by atoms with Gasteiger partial charge in [0.05, 0.1) is 12.7 Å². The van der Waals surface area contributed by atoms with E-state index in [4.69, 9.17) is 4.74 Å². The van der Waals surface area contributed by atoms with E-state index in [-0.39, 0.29) is 28.9 Å². The fraction of sp³-hybridized carbons (Fsp3) is 0.658. The molecule has 0 spiro atoms. The maximum Gasteiger partial charge on any atom is 0.253 e. The molecule has 2 aromatic rings. The summed E-state index contributed by atoms with van der Waals surface area (Å²) in [7, 11) is 0. The first-order valence-corrected chi connectivity index (χ1v) is 17.4. The number of carbonyl (C=O) groups excluding carboxylic acids is 1. The van der Waals surface area contributed by atoms with E-state index in [1.807, 2.05) is 48.2 Å². The van der Waals surface area contributed by atoms with Gasteiger partial charge in [-0.05, 0) is 123 Å². The summed E-state index contributed by atoms with van der Waals surface area (Å²) in [5.41, 5.74) is 2.53. The lowest BCUT2D eigenvalue weighted by atomic mass is 9.51. The van der Waals surface area contributed by atoms with Crippen LogP contribution in [0.5, 0.6) is 11.5 Å². The van der Waals surface area contributed by atoms with Crippen LogP contribution in [0.2, 0.25) is 0 Å². The van der Waals surface area contributed by atoms with E-state index in [9.17, 15) is 15.0 Å². The molecule has 242 valence electrons. The smallest absolute Gasteiger partial charge is 0.253 e. The van der Waals surface area contributed by atoms with Gasteiger partial charge < -0.3 is 19.8 Å². The Hall–Kier alpha value is -2.60. The molecular weight excluding hydrogens is 553 g/mol. The van der Waals surface area contributed by atoms with E-state index in [2.05, 4.69) is 13.8 Å². The highest BCUT2D eigenvalue weighted by atomic mass is 19.1. The maximum absolute atomic E-state index is 16.1. The van der Waals surface area contributed by atoms with Crippen LogP contribution in [0, 0.1) is 23.2 Å². The van der Waals surface area contributed by atoms with Crippen molar-refractivity contribution in [2.24, 2.45) is 23.2 Å². The number of carbonyl (C=O) groups is 1. The van der Waals surface area contributed by atoms with E-state index in [0.717, 1.165) is 87.8 Å². The van der Waals surface area contributed by atoms with Gasteiger partial charge in [-0.25, -0.2) is 4.39 Å². The van der Waals surface area contributed by atoms with Gasteiger partial charge in [-0.2, -0.15) is 0 Å². The molecule has 6 unspecified atom stereocenters. The van der Waals surface area contributed by atoms with E-state index in [1.54, 1.807) is 6.07 Å². The third-order valence-electron chi connectivity index (χ3n) is 11.3. The van der Waals surface area contributed by atoms with Crippen molar-refractivity contribution in [2.75, 3.05) is 19.7 Å². The first kappa shape index (κ1) is 32.8. The predicted octanol–water partition coefficient (Wildman–Crippen LogP) is 8.47. The average molecular weight is 608 g/mol. The van der Waals surface area contributed by atoms with Crippen LogP contribution in [0.25, 0.3) is 0 Å². The van der Waals surface area contributed by atoms with Crippen molar-refractivity contribution < 1.29 is 24.1 Å². The topological polar surface area (TPSA) is 70.0 Å². The minimum Gasteiger partial charge on any atom is -0.508 e. The number of amides is 1.